The van der Waals surface area contributed by atoms with Crippen LogP contribution in [0.5, 0.6) is 0 Å². The molecule has 0 saturated heterocycles. The summed E-state index contributed by atoms with van der Waals surface area (Å²) in [6.07, 6.45) is 5.94. The highest BCUT2D eigenvalue weighted by molar-refractivity contribution is 5.35. The number of ether oxygens (including phenoxy) is 1. The van der Waals surface area contributed by atoms with Gasteiger partial charge in [0.25, 0.3) is 0 Å². The summed E-state index contributed by atoms with van der Waals surface area (Å²) in [4.78, 5) is 0. The van der Waals surface area contributed by atoms with Gasteiger partial charge in [-0.25, -0.2) is 0 Å². The number of aliphatic hydroxyl groups excluding tert-OH is 1. The standard InChI is InChI=1S/C17H22O2/c18-12-2-1-4-16-7-9-17(10-8-16)14-19-13-11-15-5-3-6-15/h7-10,15,18H,2-3,5-6,11-14H2. The fraction of sp³-hybridized carbons (Fsp3) is 0.529. The number of hydrogen-bond acceptors (Lipinski definition) is 2. The molecule has 1 aromatic rings. The van der Waals surface area contributed by atoms with E-state index >= 15 is 0 Å². The molecule has 0 bridgehead atoms. The number of aliphatic hydroxyl groups is 1. The quantitative estimate of drug-likeness (QED) is 0.627. The molecule has 1 aromatic carbocycles. The molecule has 0 atom stereocenters. The van der Waals surface area contributed by atoms with Crippen LogP contribution in [0.1, 0.15) is 43.2 Å². The first-order valence-electron chi connectivity index (χ1n) is 7.15. The van der Waals surface area contributed by atoms with Crippen molar-refractivity contribution in [2.24, 2.45) is 5.92 Å². The molecule has 1 fully saturated rings. The lowest BCUT2D eigenvalue weighted by Crippen LogP contribution is -2.13. The van der Waals surface area contributed by atoms with Crippen LogP contribution in [0.2, 0.25) is 0 Å². The summed E-state index contributed by atoms with van der Waals surface area (Å²) in [6.45, 7) is 1.69. The van der Waals surface area contributed by atoms with Crippen LogP contribution in [0.15, 0.2) is 24.3 Å². The zero-order valence-corrected chi connectivity index (χ0v) is 11.4. The van der Waals surface area contributed by atoms with Gasteiger partial charge >= 0.3 is 0 Å². The highest BCUT2D eigenvalue weighted by Crippen LogP contribution is 2.29. The number of benzene rings is 1. The Bertz CT molecular complexity index is 421. The summed E-state index contributed by atoms with van der Waals surface area (Å²) in [5.41, 5.74) is 2.19. The molecule has 1 aliphatic carbocycles. The first-order chi connectivity index (χ1) is 9.38. The molecule has 1 N–H and O–H groups in total. The van der Waals surface area contributed by atoms with Gasteiger partial charge in [-0.2, -0.15) is 0 Å². The molecule has 0 radical (unpaired) electrons. The van der Waals surface area contributed by atoms with Gasteiger partial charge in [-0.05, 0) is 30.0 Å². The minimum absolute atomic E-state index is 0.125. The van der Waals surface area contributed by atoms with Gasteiger partial charge in [0.2, 0.25) is 0 Å². The van der Waals surface area contributed by atoms with Crippen LogP contribution in [0.3, 0.4) is 0 Å². The molecule has 19 heavy (non-hydrogen) atoms. The van der Waals surface area contributed by atoms with Gasteiger partial charge in [0.1, 0.15) is 0 Å². The van der Waals surface area contributed by atoms with Crippen molar-refractivity contribution >= 4 is 0 Å². The molecule has 0 amide bonds. The van der Waals surface area contributed by atoms with Gasteiger partial charge in [-0.15, -0.1) is 0 Å². The predicted octanol–water partition coefficient (Wildman–Crippen LogP) is 3.13. The van der Waals surface area contributed by atoms with Gasteiger partial charge in [0.15, 0.2) is 0 Å². The van der Waals surface area contributed by atoms with E-state index in [-0.39, 0.29) is 6.61 Å². The molecule has 0 aromatic heterocycles. The Hall–Kier alpha value is -1.30. The molecule has 0 unspecified atom stereocenters. The first-order valence-corrected chi connectivity index (χ1v) is 7.15. The number of hydrogen-bond donors (Lipinski definition) is 1. The van der Waals surface area contributed by atoms with Crippen LogP contribution < -0.4 is 0 Å². The number of rotatable bonds is 6. The molecule has 2 rings (SSSR count). The van der Waals surface area contributed by atoms with Crippen LogP contribution in [0.25, 0.3) is 0 Å². The monoisotopic (exact) mass is 258 g/mol. The molecule has 1 aliphatic rings. The Morgan fingerprint density at radius 3 is 2.63 bits per heavy atom. The summed E-state index contributed by atoms with van der Waals surface area (Å²) < 4.78 is 5.70. The van der Waals surface area contributed by atoms with Gasteiger partial charge < -0.3 is 9.84 Å². The summed E-state index contributed by atoms with van der Waals surface area (Å²) in [5.74, 6) is 6.86. The van der Waals surface area contributed by atoms with E-state index in [1.165, 1.54) is 31.2 Å². The summed E-state index contributed by atoms with van der Waals surface area (Å²) in [7, 11) is 0. The lowest BCUT2D eigenvalue weighted by Gasteiger charge is -2.24. The molecular weight excluding hydrogens is 236 g/mol. The van der Waals surface area contributed by atoms with Crippen molar-refractivity contribution in [3.63, 3.8) is 0 Å². The average Bonchev–Trinajstić information content (AvgIpc) is 2.38. The van der Waals surface area contributed by atoms with E-state index in [4.69, 9.17) is 9.84 Å². The highest BCUT2D eigenvalue weighted by Gasteiger charge is 2.16. The first kappa shape index (κ1) is 14.1. The summed E-state index contributed by atoms with van der Waals surface area (Å²) in [6, 6.07) is 8.14. The maximum atomic E-state index is 8.65. The Morgan fingerprint density at radius 2 is 2.00 bits per heavy atom. The van der Waals surface area contributed by atoms with Crippen molar-refractivity contribution < 1.29 is 9.84 Å². The molecule has 2 nitrogen and oxygen atoms in total. The fourth-order valence-electron chi connectivity index (χ4n) is 2.13. The highest BCUT2D eigenvalue weighted by atomic mass is 16.5. The van der Waals surface area contributed by atoms with Crippen LogP contribution in [-0.2, 0) is 11.3 Å². The zero-order valence-electron chi connectivity index (χ0n) is 11.4. The molecule has 102 valence electrons. The van der Waals surface area contributed by atoms with Crippen LogP contribution >= 0.6 is 0 Å². The SMILES string of the molecule is OCCC#Cc1ccc(COCCC2CCC2)cc1. The van der Waals surface area contributed by atoms with E-state index in [1.807, 2.05) is 12.1 Å². The molecular formula is C17H22O2. The van der Waals surface area contributed by atoms with Gasteiger partial charge in [-0.1, -0.05) is 43.2 Å². The predicted molar refractivity (Wildman–Crippen MR) is 76.6 cm³/mol. The van der Waals surface area contributed by atoms with Gasteiger partial charge in [0.05, 0.1) is 13.2 Å². The van der Waals surface area contributed by atoms with Crippen LogP contribution in [-0.4, -0.2) is 18.3 Å². The minimum Gasteiger partial charge on any atom is -0.395 e. The molecule has 0 aliphatic heterocycles. The van der Waals surface area contributed by atoms with Crippen molar-refractivity contribution in [1.82, 2.24) is 0 Å². The Kier molecular flexibility index (Phi) is 5.94. The Balaban J connectivity index is 1.67. The lowest BCUT2D eigenvalue weighted by atomic mass is 9.83. The Morgan fingerprint density at radius 1 is 1.21 bits per heavy atom. The van der Waals surface area contributed by atoms with Crippen molar-refractivity contribution in [2.75, 3.05) is 13.2 Å². The largest absolute Gasteiger partial charge is 0.395 e. The maximum Gasteiger partial charge on any atom is 0.0716 e. The third-order valence-electron chi connectivity index (χ3n) is 3.59. The summed E-state index contributed by atoms with van der Waals surface area (Å²) in [5, 5.41) is 8.65. The van der Waals surface area contributed by atoms with E-state index < -0.39 is 0 Å². The van der Waals surface area contributed by atoms with Gasteiger partial charge in [0, 0.05) is 18.6 Å². The van der Waals surface area contributed by atoms with E-state index in [1.54, 1.807) is 0 Å². The van der Waals surface area contributed by atoms with Crippen molar-refractivity contribution in [2.45, 2.75) is 38.7 Å². The second kappa shape index (κ2) is 7.99. The van der Waals surface area contributed by atoms with Crippen molar-refractivity contribution in [3.05, 3.63) is 35.4 Å². The van der Waals surface area contributed by atoms with E-state index in [2.05, 4.69) is 24.0 Å². The maximum absolute atomic E-state index is 8.65. The third kappa shape index (κ3) is 5.06. The molecule has 0 heterocycles. The lowest BCUT2D eigenvalue weighted by molar-refractivity contribution is 0.0950. The Labute approximate surface area is 115 Å². The zero-order chi connectivity index (χ0) is 13.3. The smallest absolute Gasteiger partial charge is 0.0716 e. The topological polar surface area (TPSA) is 29.5 Å². The molecule has 1 saturated carbocycles. The van der Waals surface area contributed by atoms with Crippen LogP contribution in [0.4, 0.5) is 0 Å². The van der Waals surface area contributed by atoms with Gasteiger partial charge in [-0.3, -0.25) is 0 Å². The third-order valence-corrected chi connectivity index (χ3v) is 3.59. The van der Waals surface area contributed by atoms with E-state index in [0.717, 1.165) is 18.1 Å². The van der Waals surface area contributed by atoms with Crippen molar-refractivity contribution in [1.29, 1.82) is 0 Å². The minimum atomic E-state index is 0.125. The molecule has 0 spiro atoms. The van der Waals surface area contributed by atoms with Crippen molar-refractivity contribution in [3.8, 4) is 11.8 Å². The van der Waals surface area contributed by atoms with E-state index in [9.17, 15) is 0 Å². The summed E-state index contributed by atoms with van der Waals surface area (Å²) >= 11 is 0. The second-order valence-electron chi connectivity index (χ2n) is 5.11. The average molecular weight is 258 g/mol. The van der Waals surface area contributed by atoms with E-state index in [0.29, 0.717) is 13.0 Å². The van der Waals surface area contributed by atoms with Crippen LogP contribution in [0, 0.1) is 17.8 Å². The fourth-order valence-corrected chi connectivity index (χ4v) is 2.13. The normalized spacial score (nSPS) is 14.6. The molecule has 2 heteroatoms. The second-order valence-corrected chi connectivity index (χ2v) is 5.11.